The molecule has 0 bridgehead atoms. The first-order valence-corrected chi connectivity index (χ1v) is 10.1. The predicted molar refractivity (Wildman–Crippen MR) is 92.3 cm³/mol. The van der Waals surface area contributed by atoms with Gasteiger partial charge in [-0.2, -0.15) is 9.98 Å². The van der Waals surface area contributed by atoms with Gasteiger partial charge in [-0.25, -0.2) is 4.57 Å². The van der Waals surface area contributed by atoms with Crippen molar-refractivity contribution < 1.29 is 37.6 Å². The van der Waals surface area contributed by atoms with Crippen LogP contribution in [0.3, 0.4) is 0 Å². The summed E-state index contributed by atoms with van der Waals surface area (Å²) in [6.45, 7) is 1.57. The molecule has 2 saturated heterocycles. The van der Waals surface area contributed by atoms with E-state index in [0.29, 0.717) is 6.42 Å². The number of amidine groups is 1. The van der Waals surface area contributed by atoms with Crippen LogP contribution < -0.4 is 5.73 Å². The molecule has 0 aliphatic carbocycles. The first kappa shape index (κ1) is 19.2. The largest absolute Gasteiger partial charge is 0.472 e. The van der Waals surface area contributed by atoms with Crippen molar-refractivity contribution in [2.75, 3.05) is 6.61 Å². The van der Waals surface area contributed by atoms with Crippen LogP contribution in [0.4, 0.5) is 0 Å². The van der Waals surface area contributed by atoms with Crippen LogP contribution in [0, 0.1) is 0 Å². The van der Waals surface area contributed by atoms with Gasteiger partial charge in [0.05, 0.1) is 12.9 Å². The lowest BCUT2D eigenvalue weighted by molar-refractivity contribution is -0.158. The second kappa shape index (κ2) is 7.01. The third-order valence-corrected chi connectivity index (χ3v) is 5.46. The number of nitrogens with zero attached hydrogens (tertiary/aromatic N) is 4. The lowest BCUT2D eigenvalue weighted by Crippen LogP contribution is -2.51. The molecule has 6 atom stereocenters. The molecule has 0 aromatic carbocycles. The molecule has 4 aliphatic heterocycles. The zero-order valence-electron chi connectivity index (χ0n) is 14.7. The Bertz CT molecular complexity index is 844. The summed E-state index contributed by atoms with van der Waals surface area (Å²) in [6.07, 6.45) is -1.93. The van der Waals surface area contributed by atoms with Crippen molar-refractivity contribution in [1.82, 2.24) is 4.90 Å². The zero-order valence-corrected chi connectivity index (χ0v) is 15.6. The molecule has 4 aliphatic rings. The standard InChI is InChI=1S/C14H18N5O8P/c1-2-3-7(20)26-10-9-6(4-24-28(22,23)27-9)25-13(10)19-5-16-8-11(19)17-14(15)18-12(8)21/h5-6,8-10,13H,2-4H2,1H3,(H,22,23)(H2,15,18,21). The number of phosphoric acid groups is 1. The first-order valence-electron chi connectivity index (χ1n) is 8.58. The van der Waals surface area contributed by atoms with Gasteiger partial charge in [-0.15, -0.1) is 0 Å². The second-order valence-corrected chi connectivity index (χ2v) is 7.86. The molecule has 6 unspecified atom stereocenters. The van der Waals surface area contributed by atoms with Gasteiger partial charge in [-0.1, -0.05) is 6.92 Å². The maximum Gasteiger partial charge on any atom is 0.472 e. The summed E-state index contributed by atoms with van der Waals surface area (Å²) in [7, 11) is -4.31. The lowest BCUT2D eigenvalue weighted by Gasteiger charge is -2.31. The minimum Gasteiger partial charge on any atom is -0.455 e. The van der Waals surface area contributed by atoms with E-state index in [2.05, 4.69) is 15.0 Å². The summed E-state index contributed by atoms with van der Waals surface area (Å²) in [5.74, 6) is -1.19. The summed E-state index contributed by atoms with van der Waals surface area (Å²) in [4.78, 5) is 46.8. The number of aliphatic imine (C=N–C) groups is 3. The summed E-state index contributed by atoms with van der Waals surface area (Å²) in [6, 6.07) is -0.980. The fourth-order valence-electron chi connectivity index (χ4n) is 3.30. The molecular weight excluding hydrogens is 397 g/mol. The van der Waals surface area contributed by atoms with E-state index in [0.717, 1.165) is 0 Å². The van der Waals surface area contributed by atoms with Crippen molar-refractivity contribution in [2.24, 2.45) is 20.7 Å². The molecule has 0 saturated carbocycles. The van der Waals surface area contributed by atoms with E-state index < -0.39 is 50.3 Å². The highest BCUT2D eigenvalue weighted by Crippen LogP contribution is 2.52. The molecular formula is C14H18N5O8P. The Hall–Kier alpha value is -2.18. The number of nitrogens with two attached hydrogens (primary N) is 1. The molecule has 28 heavy (non-hydrogen) atoms. The average molecular weight is 415 g/mol. The summed E-state index contributed by atoms with van der Waals surface area (Å²) in [5, 5.41) is 0. The monoisotopic (exact) mass is 415 g/mol. The number of guanidine groups is 1. The van der Waals surface area contributed by atoms with Gasteiger partial charge in [0, 0.05) is 6.42 Å². The highest BCUT2D eigenvalue weighted by molar-refractivity contribution is 7.47. The van der Waals surface area contributed by atoms with E-state index >= 15 is 0 Å². The van der Waals surface area contributed by atoms with Crippen LogP contribution >= 0.6 is 7.82 Å². The van der Waals surface area contributed by atoms with Gasteiger partial charge >= 0.3 is 13.8 Å². The third-order valence-electron chi connectivity index (χ3n) is 4.48. The Morgan fingerprint density at radius 2 is 2.29 bits per heavy atom. The molecule has 13 nitrogen and oxygen atoms in total. The highest BCUT2D eigenvalue weighted by Gasteiger charge is 2.57. The Kier molecular flexibility index (Phi) is 4.79. The first-order chi connectivity index (χ1) is 13.3. The third kappa shape index (κ3) is 3.35. The van der Waals surface area contributed by atoms with Crippen molar-refractivity contribution in [3.8, 4) is 0 Å². The number of hydrogen-bond acceptors (Lipinski definition) is 11. The number of rotatable bonds is 4. The number of hydrogen-bond donors (Lipinski definition) is 2. The fraction of sp³-hybridized carbons (Fsp3) is 0.643. The van der Waals surface area contributed by atoms with E-state index in [9.17, 15) is 19.0 Å². The Morgan fingerprint density at radius 1 is 1.50 bits per heavy atom. The van der Waals surface area contributed by atoms with E-state index in [1.54, 1.807) is 0 Å². The van der Waals surface area contributed by atoms with Crippen LogP contribution in [0.15, 0.2) is 15.0 Å². The van der Waals surface area contributed by atoms with Crippen LogP contribution in [-0.4, -0.2) is 77.0 Å². The van der Waals surface area contributed by atoms with Crippen LogP contribution in [0.5, 0.6) is 0 Å². The van der Waals surface area contributed by atoms with E-state index in [4.69, 9.17) is 24.3 Å². The van der Waals surface area contributed by atoms with Crippen molar-refractivity contribution in [1.29, 1.82) is 0 Å². The number of carbonyl (C=O) groups is 2. The Labute approximate surface area is 158 Å². The molecule has 4 rings (SSSR count). The SMILES string of the molecule is CCCC(=O)OC1C2OP(=O)(O)OCC2OC1N1C=NC2C(=O)N=C(N)N=C21. The lowest BCUT2D eigenvalue weighted by atomic mass is 10.1. The van der Waals surface area contributed by atoms with Gasteiger partial charge < -0.3 is 20.1 Å². The maximum absolute atomic E-state index is 12.1. The number of esters is 1. The van der Waals surface area contributed by atoms with Gasteiger partial charge in [0.1, 0.15) is 12.2 Å². The molecule has 0 spiro atoms. The molecule has 0 radical (unpaired) electrons. The van der Waals surface area contributed by atoms with Gasteiger partial charge in [-0.05, 0) is 6.42 Å². The van der Waals surface area contributed by atoms with Gasteiger partial charge in [0.25, 0.3) is 5.91 Å². The van der Waals surface area contributed by atoms with Crippen molar-refractivity contribution >= 4 is 37.8 Å². The van der Waals surface area contributed by atoms with Crippen molar-refractivity contribution in [3.63, 3.8) is 0 Å². The van der Waals surface area contributed by atoms with E-state index in [1.807, 2.05) is 6.92 Å². The summed E-state index contributed by atoms with van der Waals surface area (Å²) in [5.41, 5.74) is 5.57. The van der Waals surface area contributed by atoms with Crippen LogP contribution in [0.25, 0.3) is 0 Å². The quantitative estimate of drug-likeness (QED) is 0.424. The fourth-order valence-corrected chi connectivity index (χ4v) is 4.26. The molecule has 152 valence electrons. The van der Waals surface area contributed by atoms with Crippen LogP contribution in [0.2, 0.25) is 0 Å². The molecule has 3 N–H and O–H groups in total. The Morgan fingerprint density at radius 3 is 3.04 bits per heavy atom. The summed E-state index contributed by atoms with van der Waals surface area (Å²) >= 11 is 0. The smallest absolute Gasteiger partial charge is 0.455 e. The van der Waals surface area contributed by atoms with Crippen LogP contribution in [-0.2, 0) is 32.7 Å². The molecule has 4 heterocycles. The predicted octanol–water partition coefficient (Wildman–Crippen LogP) is -1.10. The van der Waals surface area contributed by atoms with Gasteiger partial charge in [0.2, 0.25) is 5.96 Å². The maximum atomic E-state index is 12.1. The Balaban J connectivity index is 1.64. The normalized spacial score (nSPS) is 39.3. The van der Waals surface area contributed by atoms with Gasteiger partial charge in [0.15, 0.2) is 24.2 Å². The summed E-state index contributed by atoms with van der Waals surface area (Å²) < 4.78 is 33.1. The second-order valence-electron chi connectivity index (χ2n) is 6.46. The molecule has 14 heteroatoms. The topological polar surface area (TPSA) is 175 Å². The van der Waals surface area contributed by atoms with E-state index in [-0.39, 0.29) is 24.8 Å². The number of carbonyl (C=O) groups excluding carboxylic acids is 2. The number of amides is 1. The zero-order chi connectivity index (χ0) is 20.1. The number of phosphoric ester groups is 1. The van der Waals surface area contributed by atoms with Crippen molar-refractivity contribution in [3.05, 3.63) is 0 Å². The number of ether oxygens (including phenoxy) is 2. The molecule has 0 aromatic rings. The molecule has 1 amide bonds. The minimum atomic E-state index is -4.31. The van der Waals surface area contributed by atoms with Gasteiger partial charge in [-0.3, -0.25) is 28.5 Å². The average Bonchev–Trinajstić information content (AvgIpc) is 3.16. The van der Waals surface area contributed by atoms with Crippen molar-refractivity contribution in [2.45, 2.75) is 50.3 Å². The highest BCUT2D eigenvalue weighted by atomic mass is 31.2. The molecule has 0 aromatic heterocycles. The molecule has 2 fully saturated rings. The number of fused-ring (bicyclic) bond motifs is 2. The van der Waals surface area contributed by atoms with E-state index in [1.165, 1.54) is 11.2 Å². The van der Waals surface area contributed by atoms with Crippen LogP contribution in [0.1, 0.15) is 19.8 Å². The minimum absolute atomic E-state index is 0.143.